The number of rotatable bonds is 14. The third-order valence-electron chi connectivity index (χ3n) is 6.47. The van der Waals surface area contributed by atoms with E-state index in [1.165, 1.54) is 24.3 Å². The van der Waals surface area contributed by atoms with Gasteiger partial charge in [-0.25, -0.2) is 14.5 Å². The molecule has 0 fully saturated rings. The summed E-state index contributed by atoms with van der Waals surface area (Å²) < 4.78 is 23.7. The Labute approximate surface area is 237 Å². The van der Waals surface area contributed by atoms with Crippen molar-refractivity contribution in [2.75, 3.05) is 25.5 Å². The fraction of sp³-hybridized carbons (Fsp3) is 0.321. The Morgan fingerprint density at radius 3 is 2.71 bits per heavy atom. The second kappa shape index (κ2) is 13.1. The molecule has 0 spiro atoms. The molecule has 4 rings (SSSR count). The average molecular weight is 584 g/mol. The second-order valence-corrected chi connectivity index (χ2v) is 10.7. The predicted molar refractivity (Wildman–Crippen MR) is 156 cm³/mol. The number of anilines is 1. The predicted octanol–water partition coefficient (Wildman–Crippen LogP) is 3.60. The number of ether oxygens (including phenoxy) is 1. The Hall–Kier alpha value is -3.96. The lowest BCUT2D eigenvalue weighted by atomic mass is 10.1. The molecule has 2 aromatic heterocycles. The van der Waals surface area contributed by atoms with Crippen LogP contribution in [0.25, 0.3) is 21.9 Å². The number of nitrogens with zero attached hydrogens (tertiary/aromatic N) is 3. The van der Waals surface area contributed by atoms with E-state index in [4.69, 9.17) is 20.0 Å². The van der Waals surface area contributed by atoms with Crippen molar-refractivity contribution in [1.29, 1.82) is 0 Å². The monoisotopic (exact) mass is 583 g/mol. The summed E-state index contributed by atoms with van der Waals surface area (Å²) in [6.45, 7) is 6.88. The molecule has 0 bridgehead atoms. The number of phenolic OH excluding ortho intramolecular Hbond substituents is 1. The number of imidazole rings is 1. The number of carbonyl (C=O) groups excluding carboxylic acids is 1. The number of phosphoric acid groups is 1. The van der Waals surface area contributed by atoms with Crippen LogP contribution >= 0.6 is 7.82 Å². The molecule has 0 aliphatic heterocycles. The smallest absolute Gasteiger partial charge is 0.508 e. The number of nitrogen functional groups attached to an aromatic ring is 1. The summed E-state index contributed by atoms with van der Waals surface area (Å²) in [6.07, 6.45) is 4.33. The van der Waals surface area contributed by atoms with Crippen molar-refractivity contribution in [3.63, 3.8) is 0 Å². The number of aryl methyl sites for hydroxylation is 1. The van der Waals surface area contributed by atoms with Gasteiger partial charge in [0.25, 0.3) is 0 Å². The molecule has 0 radical (unpaired) electrons. The Morgan fingerprint density at radius 2 is 1.98 bits per heavy atom. The number of carbonyl (C=O) groups is 1. The van der Waals surface area contributed by atoms with Gasteiger partial charge < -0.3 is 30.0 Å². The molecule has 12 nitrogen and oxygen atoms in total. The molecular formula is C28H34N5O7P. The van der Waals surface area contributed by atoms with Crippen molar-refractivity contribution in [3.05, 3.63) is 66.0 Å². The Kier molecular flexibility index (Phi) is 9.61. The van der Waals surface area contributed by atoms with Gasteiger partial charge in [0.05, 0.1) is 30.8 Å². The van der Waals surface area contributed by atoms with Gasteiger partial charge in [-0.1, -0.05) is 32.1 Å². The van der Waals surface area contributed by atoms with Gasteiger partial charge in [0.1, 0.15) is 22.8 Å². The molecule has 0 saturated heterocycles. The van der Waals surface area contributed by atoms with E-state index in [1.54, 1.807) is 0 Å². The zero-order chi connectivity index (χ0) is 29.6. The first-order valence-corrected chi connectivity index (χ1v) is 14.7. The van der Waals surface area contributed by atoms with Crippen LogP contribution in [0, 0.1) is 0 Å². The van der Waals surface area contributed by atoms with Gasteiger partial charge in [0.15, 0.2) is 5.82 Å². The van der Waals surface area contributed by atoms with Crippen molar-refractivity contribution in [3.8, 4) is 11.5 Å². The van der Waals surface area contributed by atoms with Gasteiger partial charge >= 0.3 is 7.82 Å². The topological polar surface area (TPSA) is 182 Å². The van der Waals surface area contributed by atoms with Crippen LogP contribution in [-0.4, -0.2) is 55.1 Å². The Balaban J connectivity index is 1.67. The maximum Gasteiger partial charge on any atom is 0.524 e. The SMILES string of the molecule is C=CC(=O)NCCOCCc1ccc2c(c1)nc(N)c1nc(CCCC)n(Cc3cc(OP(=O)(O)O)ccc3O)c12. The highest BCUT2D eigenvalue weighted by molar-refractivity contribution is 7.46. The number of phosphoric ester groups is 1. The standard InChI is InChI=1S/C28H34N5O7P/c1-3-5-6-24-32-26-27(33(24)17-19-16-20(8-10-23(19)34)40-41(36,37)38)21-9-7-18(15-22(21)31-28(26)29)11-13-39-14-12-30-25(35)4-2/h4,7-10,15-16,34H,2-3,5-6,11-14,17H2,1H3,(H2,29,31)(H,30,35)(H2,36,37,38). The van der Waals surface area contributed by atoms with E-state index in [9.17, 15) is 24.3 Å². The molecule has 0 aliphatic rings. The lowest BCUT2D eigenvalue weighted by Crippen LogP contribution is -2.25. The molecule has 41 heavy (non-hydrogen) atoms. The number of hydrogen-bond acceptors (Lipinski definition) is 8. The number of hydrogen-bond donors (Lipinski definition) is 5. The fourth-order valence-corrected chi connectivity index (χ4v) is 4.91. The zero-order valence-electron chi connectivity index (χ0n) is 22.7. The van der Waals surface area contributed by atoms with Gasteiger partial charge in [0.2, 0.25) is 5.91 Å². The molecule has 0 atom stereocenters. The van der Waals surface area contributed by atoms with Crippen molar-refractivity contribution in [1.82, 2.24) is 19.9 Å². The maximum atomic E-state index is 11.4. The highest BCUT2D eigenvalue weighted by Crippen LogP contribution is 2.39. The number of pyridine rings is 1. The summed E-state index contributed by atoms with van der Waals surface area (Å²) >= 11 is 0. The van der Waals surface area contributed by atoms with Crippen LogP contribution in [0.3, 0.4) is 0 Å². The lowest BCUT2D eigenvalue weighted by Gasteiger charge is -2.14. The molecule has 0 saturated carbocycles. The van der Waals surface area contributed by atoms with Crippen LogP contribution in [0.5, 0.6) is 11.5 Å². The quantitative estimate of drug-likeness (QED) is 0.0835. The summed E-state index contributed by atoms with van der Waals surface area (Å²) in [4.78, 5) is 39.1. The molecule has 0 unspecified atom stereocenters. The maximum absolute atomic E-state index is 11.4. The number of nitrogens with two attached hydrogens (primary N) is 1. The van der Waals surface area contributed by atoms with Gasteiger partial charge in [-0.05, 0) is 48.7 Å². The molecule has 1 amide bonds. The van der Waals surface area contributed by atoms with Gasteiger partial charge in [0, 0.05) is 23.9 Å². The van der Waals surface area contributed by atoms with Crippen molar-refractivity contribution < 1.29 is 33.5 Å². The first kappa shape index (κ1) is 30.0. The van der Waals surface area contributed by atoms with E-state index >= 15 is 0 Å². The van der Waals surface area contributed by atoms with Crippen LogP contribution in [0.1, 0.15) is 36.7 Å². The molecule has 4 aromatic rings. The molecule has 2 aromatic carbocycles. The van der Waals surface area contributed by atoms with Crippen molar-refractivity contribution in [2.24, 2.45) is 0 Å². The van der Waals surface area contributed by atoms with E-state index in [-0.39, 0.29) is 29.8 Å². The largest absolute Gasteiger partial charge is 0.524 e. The van der Waals surface area contributed by atoms with E-state index in [0.717, 1.165) is 35.1 Å². The highest BCUT2D eigenvalue weighted by Gasteiger charge is 2.21. The van der Waals surface area contributed by atoms with Gasteiger partial charge in [-0.15, -0.1) is 0 Å². The molecule has 6 N–H and O–H groups in total. The molecule has 0 aliphatic carbocycles. The molecule has 2 heterocycles. The fourth-order valence-electron chi connectivity index (χ4n) is 4.52. The third-order valence-corrected chi connectivity index (χ3v) is 6.92. The van der Waals surface area contributed by atoms with Crippen LogP contribution in [0.4, 0.5) is 5.82 Å². The molecule has 218 valence electrons. The first-order valence-electron chi connectivity index (χ1n) is 13.2. The number of unbranched alkanes of at least 4 members (excludes halogenated alkanes) is 1. The summed E-state index contributed by atoms with van der Waals surface area (Å²) in [5.41, 5.74) is 9.75. The van der Waals surface area contributed by atoms with Crippen LogP contribution < -0.4 is 15.6 Å². The number of phenols is 1. The van der Waals surface area contributed by atoms with Crippen LogP contribution in [0.15, 0.2) is 49.1 Å². The third kappa shape index (κ3) is 7.62. The molecular weight excluding hydrogens is 549 g/mol. The minimum absolute atomic E-state index is 0.0518. The Bertz CT molecular complexity index is 1610. The van der Waals surface area contributed by atoms with Gasteiger partial charge in [-0.3, -0.25) is 14.6 Å². The number of aromatic hydroxyl groups is 1. The van der Waals surface area contributed by atoms with Crippen LogP contribution in [0.2, 0.25) is 0 Å². The minimum atomic E-state index is -4.77. The van der Waals surface area contributed by atoms with E-state index in [2.05, 4.69) is 23.8 Å². The van der Waals surface area contributed by atoms with Gasteiger partial charge in [-0.2, -0.15) is 0 Å². The number of nitrogens with one attached hydrogen (secondary N) is 1. The van der Waals surface area contributed by atoms with Crippen LogP contribution in [-0.2, 0) is 33.5 Å². The number of aromatic nitrogens is 3. The zero-order valence-corrected chi connectivity index (χ0v) is 23.6. The van der Waals surface area contributed by atoms with Crippen molar-refractivity contribution >= 4 is 41.5 Å². The normalized spacial score (nSPS) is 11.7. The van der Waals surface area contributed by atoms with E-state index in [1.807, 2.05) is 22.8 Å². The Morgan fingerprint density at radius 1 is 1.17 bits per heavy atom. The number of amides is 1. The second-order valence-electron chi connectivity index (χ2n) is 9.49. The summed E-state index contributed by atoms with van der Waals surface area (Å²) in [6, 6.07) is 9.92. The first-order chi connectivity index (χ1) is 19.6. The minimum Gasteiger partial charge on any atom is -0.508 e. The summed E-state index contributed by atoms with van der Waals surface area (Å²) in [7, 11) is -4.77. The summed E-state index contributed by atoms with van der Waals surface area (Å²) in [5, 5.41) is 14.1. The van der Waals surface area contributed by atoms with E-state index in [0.29, 0.717) is 49.2 Å². The molecule has 13 heteroatoms. The number of fused-ring (bicyclic) bond motifs is 3. The highest BCUT2D eigenvalue weighted by atomic mass is 31.2. The summed E-state index contributed by atoms with van der Waals surface area (Å²) in [5.74, 6) is 0.672. The average Bonchev–Trinajstić information content (AvgIpc) is 3.29. The van der Waals surface area contributed by atoms with E-state index < -0.39 is 7.82 Å². The lowest BCUT2D eigenvalue weighted by molar-refractivity contribution is -0.116. The number of benzene rings is 2. The van der Waals surface area contributed by atoms with Crippen molar-refractivity contribution in [2.45, 2.75) is 39.2 Å².